The number of carbonyl (C=O) groups is 1. The number of ether oxygens (including phenoxy) is 1. The molecule has 3 N–H and O–H groups in total. The number of aliphatic imine (C=N–C) groups is 1. The van der Waals surface area contributed by atoms with Crippen molar-refractivity contribution in [3.8, 4) is 0 Å². The van der Waals surface area contributed by atoms with E-state index < -0.39 is 0 Å². The fourth-order valence-corrected chi connectivity index (χ4v) is 3.63. The summed E-state index contributed by atoms with van der Waals surface area (Å²) in [6, 6.07) is 0. The van der Waals surface area contributed by atoms with E-state index in [1.54, 1.807) is 0 Å². The zero-order chi connectivity index (χ0) is 20.4. The van der Waals surface area contributed by atoms with Gasteiger partial charge in [-0.2, -0.15) is 0 Å². The van der Waals surface area contributed by atoms with Crippen LogP contribution in [0.2, 0.25) is 0 Å². The number of piperidine rings is 1. The number of nitrogens with zero attached hydrogens (tertiary/aromatic N) is 3. The Hall–Kier alpha value is -0.650. The second-order valence-corrected chi connectivity index (χ2v) is 8.85. The lowest BCUT2D eigenvalue weighted by Gasteiger charge is -2.32. The molecule has 2 rings (SSSR count). The molecule has 0 radical (unpaired) electrons. The van der Waals surface area contributed by atoms with Crippen molar-refractivity contribution in [2.45, 2.75) is 39.2 Å². The van der Waals surface area contributed by atoms with Crippen LogP contribution in [0.1, 0.15) is 33.6 Å². The zero-order valence-corrected chi connectivity index (χ0v) is 21.0. The van der Waals surface area contributed by atoms with Gasteiger partial charge in [0.2, 0.25) is 5.91 Å². The van der Waals surface area contributed by atoms with Gasteiger partial charge in [-0.25, -0.2) is 0 Å². The molecule has 0 spiro atoms. The van der Waals surface area contributed by atoms with Crippen LogP contribution >= 0.6 is 24.0 Å². The zero-order valence-electron chi connectivity index (χ0n) is 18.6. The van der Waals surface area contributed by atoms with Crippen LogP contribution in [0.3, 0.4) is 0 Å². The Morgan fingerprint density at radius 3 is 2.31 bits per heavy atom. The summed E-state index contributed by atoms with van der Waals surface area (Å²) < 4.78 is 5.38. The lowest BCUT2D eigenvalue weighted by molar-refractivity contribution is -0.124. The average molecular weight is 524 g/mol. The number of morpholine rings is 1. The van der Waals surface area contributed by atoms with Crippen LogP contribution in [-0.4, -0.2) is 99.8 Å². The second-order valence-electron chi connectivity index (χ2n) is 8.85. The fourth-order valence-electron chi connectivity index (χ4n) is 3.63. The highest BCUT2D eigenvalue weighted by atomic mass is 127. The topological polar surface area (TPSA) is 81.2 Å². The predicted molar refractivity (Wildman–Crippen MR) is 129 cm³/mol. The summed E-state index contributed by atoms with van der Waals surface area (Å²) in [5.74, 6) is 1.62. The Morgan fingerprint density at radius 2 is 1.72 bits per heavy atom. The maximum atomic E-state index is 12.1. The maximum absolute atomic E-state index is 12.1. The van der Waals surface area contributed by atoms with Gasteiger partial charge in [-0.3, -0.25) is 19.6 Å². The lowest BCUT2D eigenvalue weighted by atomic mass is 9.97. The summed E-state index contributed by atoms with van der Waals surface area (Å²) in [4.78, 5) is 21.1. The SMILES string of the molecule is CN=C(NCCN1CCOCC1)NCC1CCN(CC(=O)NC(C)(C)C)CC1.I. The smallest absolute Gasteiger partial charge is 0.234 e. The molecule has 2 fully saturated rings. The van der Waals surface area contributed by atoms with Gasteiger partial charge < -0.3 is 20.7 Å². The first-order chi connectivity index (χ1) is 13.4. The molecular weight excluding hydrogens is 483 g/mol. The molecule has 2 aliphatic rings. The minimum atomic E-state index is -0.163. The van der Waals surface area contributed by atoms with Crippen molar-refractivity contribution >= 4 is 35.8 Å². The quantitative estimate of drug-likeness (QED) is 0.259. The van der Waals surface area contributed by atoms with Crippen LogP contribution in [0.5, 0.6) is 0 Å². The molecule has 2 aliphatic heterocycles. The molecule has 0 bridgehead atoms. The normalized spacial score (nSPS) is 20.1. The summed E-state index contributed by atoms with van der Waals surface area (Å²) in [7, 11) is 1.82. The molecule has 1 amide bonds. The van der Waals surface area contributed by atoms with Gasteiger partial charge in [-0.15, -0.1) is 24.0 Å². The molecule has 8 nitrogen and oxygen atoms in total. The third-order valence-corrected chi connectivity index (χ3v) is 5.19. The molecule has 2 saturated heterocycles. The lowest BCUT2D eigenvalue weighted by Crippen LogP contribution is -2.48. The fraction of sp³-hybridized carbons (Fsp3) is 0.900. The highest BCUT2D eigenvalue weighted by Crippen LogP contribution is 2.16. The molecule has 0 aromatic heterocycles. The largest absolute Gasteiger partial charge is 0.379 e. The van der Waals surface area contributed by atoms with Crippen LogP contribution in [0.4, 0.5) is 0 Å². The van der Waals surface area contributed by atoms with E-state index in [0.29, 0.717) is 12.5 Å². The number of amides is 1. The molecule has 0 aromatic rings. The van der Waals surface area contributed by atoms with E-state index in [1.807, 2.05) is 27.8 Å². The highest BCUT2D eigenvalue weighted by Gasteiger charge is 2.22. The predicted octanol–water partition coefficient (Wildman–Crippen LogP) is 0.728. The van der Waals surface area contributed by atoms with Crippen LogP contribution in [0.25, 0.3) is 0 Å². The van der Waals surface area contributed by atoms with Crippen LogP contribution in [0, 0.1) is 5.92 Å². The summed E-state index contributed by atoms with van der Waals surface area (Å²) in [5.41, 5.74) is -0.163. The van der Waals surface area contributed by atoms with Crippen molar-refractivity contribution in [2.24, 2.45) is 10.9 Å². The van der Waals surface area contributed by atoms with E-state index in [-0.39, 0.29) is 35.4 Å². The Kier molecular flexibility index (Phi) is 12.4. The minimum Gasteiger partial charge on any atom is -0.379 e. The average Bonchev–Trinajstić information content (AvgIpc) is 2.65. The minimum absolute atomic E-state index is 0. The first kappa shape index (κ1) is 26.4. The summed E-state index contributed by atoms with van der Waals surface area (Å²) in [6.45, 7) is 15.1. The van der Waals surface area contributed by atoms with Gasteiger partial charge >= 0.3 is 0 Å². The molecule has 2 heterocycles. The van der Waals surface area contributed by atoms with E-state index in [4.69, 9.17) is 4.74 Å². The number of rotatable bonds is 7. The molecule has 0 atom stereocenters. The van der Waals surface area contributed by atoms with Crippen molar-refractivity contribution in [1.29, 1.82) is 0 Å². The highest BCUT2D eigenvalue weighted by molar-refractivity contribution is 14.0. The van der Waals surface area contributed by atoms with Gasteiger partial charge in [0.15, 0.2) is 5.96 Å². The first-order valence-corrected chi connectivity index (χ1v) is 10.6. The number of carbonyl (C=O) groups excluding carboxylic acids is 1. The van der Waals surface area contributed by atoms with E-state index >= 15 is 0 Å². The molecule has 0 saturated carbocycles. The number of hydrogen-bond donors (Lipinski definition) is 3. The van der Waals surface area contributed by atoms with Gasteiger partial charge in [0.25, 0.3) is 0 Å². The molecule has 170 valence electrons. The van der Waals surface area contributed by atoms with Gasteiger partial charge in [0.1, 0.15) is 0 Å². The van der Waals surface area contributed by atoms with Crippen molar-refractivity contribution in [3.63, 3.8) is 0 Å². The number of likely N-dealkylation sites (tertiary alicyclic amines) is 1. The second kappa shape index (κ2) is 13.6. The number of nitrogens with one attached hydrogen (secondary N) is 3. The molecular formula is C20H41IN6O2. The Bertz CT molecular complexity index is 498. The summed E-state index contributed by atoms with van der Waals surface area (Å²) in [5, 5.41) is 9.91. The Balaban J connectivity index is 0.00000420. The van der Waals surface area contributed by atoms with Crippen LogP contribution < -0.4 is 16.0 Å². The van der Waals surface area contributed by atoms with Gasteiger partial charge in [-0.05, 0) is 52.6 Å². The third-order valence-electron chi connectivity index (χ3n) is 5.19. The van der Waals surface area contributed by atoms with E-state index in [1.165, 1.54) is 0 Å². The van der Waals surface area contributed by atoms with Gasteiger partial charge in [-0.1, -0.05) is 0 Å². The van der Waals surface area contributed by atoms with Crippen molar-refractivity contribution in [1.82, 2.24) is 25.8 Å². The number of guanidine groups is 1. The number of hydrogen-bond acceptors (Lipinski definition) is 5. The molecule has 9 heteroatoms. The van der Waals surface area contributed by atoms with E-state index in [2.05, 4.69) is 30.7 Å². The van der Waals surface area contributed by atoms with Crippen LogP contribution in [-0.2, 0) is 9.53 Å². The summed E-state index contributed by atoms with van der Waals surface area (Å²) >= 11 is 0. The molecule has 0 aromatic carbocycles. The Labute approximate surface area is 193 Å². The maximum Gasteiger partial charge on any atom is 0.234 e. The van der Waals surface area contributed by atoms with E-state index in [9.17, 15) is 4.79 Å². The van der Waals surface area contributed by atoms with Gasteiger partial charge in [0.05, 0.1) is 19.8 Å². The van der Waals surface area contributed by atoms with Crippen molar-refractivity contribution in [3.05, 3.63) is 0 Å². The van der Waals surface area contributed by atoms with Crippen LogP contribution in [0.15, 0.2) is 4.99 Å². The standard InChI is InChI=1S/C20H40N6O2.HI/c1-20(2,3)24-18(27)16-26-8-5-17(6-9-26)15-23-19(21-4)22-7-10-25-11-13-28-14-12-25;/h17H,5-16H2,1-4H3,(H,24,27)(H2,21,22,23);1H. The van der Waals surface area contributed by atoms with Crippen molar-refractivity contribution < 1.29 is 9.53 Å². The third kappa shape index (κ3) is 11.4. The van der Waals surface area contributed by atoms with Gasteiger partial charge in [0, 0.05) is 45.3 Å². The summed E-state index contributed by atoms with van der Waals surface area (Å²) in [6.07, 6.45) is 2.22. The van der Waals surface area contributed by atoms with E-state index in [0.717, 1.165) is 77.8 Å². The molecule has 0 unspecified atom stereocenters. The first-order valence-electron chi connectivity index (χ1n) is 10.6. The Morgan fingerprint density at radius 1 is 1.07 bits per heavy atom. The number of halogens is 1. The molecule has 29 heavy (non-hydrogen) atoms. The monoisotopic (exact) mass is 524 g/mol. The molecule has 0 aliphatic carbocycles. The van der Waals surface area contributed by atoms with Crippen molar-refractivity contribution in [2.75, 3.05) is 72.6 Å².